The Labute approximate surface area is 102 Å². The van der Waals surface area contributed by atoms with Crippen LogP contribution >= 0.6 is 15.9 Å². The third kappa shape index (κ3) is 1.99. The minimum Gasteiger partial charge on any atom is -0.486 e. The van der Waals surface area contributed by atoms with Crippen LogP contribution in [0.15, 0.2) is 16.6 Å². The van der Waals surface area contributed by atoms with Crippen molar-refractivity contribution in [1.29, 1.82) is 5.26 Å². The second kappa shape index (κ2) is 4.73. The van der Waals surface area contributed by atoms with Gasteiger partial charge in [0.25, 0.3) is 0 Å². The minimum atomic E-state index is -0.591. The van der Waals surface area contributed by atoms with Gasteiger partial charge in [-0.15, -0.1) is 0 Å². The van der Waals surface area contributed by atoms with Gasteiger partial charge in [-0.05, 0) is 28.1 Å². The van der Waals surface area contributed by atoms with E-state index in [0.29, 0.717) is 24.7 Å². The SMILES string of the molecule is COC(C#N)c1cc(Br)c2c(c1)OCCO2. The fraction of sp³-hybridized carbons (Fsp3) is 0.364. The molecule has 0 aromatic heterocycles. The number of halogens is 1. The fourth-order valence-corrected chi connectivity index (χ4v) is 2.12. The number of nitriles is 1. The van der Waals surface area contributed by atoms with E-state index in [9.17, 15) is 0 Å². The maximum atomic E-state index is 8.91. The lowest BCUT2D eigenvalue weighted by Gasteiger charge is -2.21. The summed E-state index contributed by atoms with van der Waals surface area (Å²) in [6.07, 6.45) is -0.591. The summed E-state index contributed by atoms with van der Waals surface area (Å²) in [4.78, 5) is 0. The average Bonchev–Trinajstić information content (AvgIpc) is 2.31. The first-order valence-electron chi connectivity index (χ1n) is 4.77. The van der Waals surface area contributed by atoms with Crippen molar-refractivity contribution in [2.45, 2.75) is 6.10 Å². The Kier molecular flexibility index (Phi) is 3.32. The highest BCUT2D eigenvalue weighted by atomic mass is 79.9. The Bertz CT molecular complexity index is 442. The molecule has 0 saturated heterocycles. The van der Waals surface area contributed by atoms with Crippen LogP contribution in [0.25, 0.3) is 0 Å². The number of benzene rings is 1. The zero-order valence-electron chi connectivity index (χ0n) is 8.70. The Balaban J connectivity index is 2.43. The summed E-state index contributed by atoms with van der Waals surface area (Å²) in [6, 6.07) is 5.65. The summed E-state index contributed by atoms with van der Waals surface area (Å²) in [7, 11) is 1.50. The van der Waals surface area contributed by atoms with E-state index in [2.05, 4.69) is 22.0 Å². The molecule has 0 N–H and O–H groups in total. The summed E-state index contributed by atoms with van der Waals surface area (Å²) in [6.45, 7) is 1.06. The third-order valence-electron chi connectivity index (χ3n) is 2.27. The van der Waals surface area contributed by atoms with E-state index in [1.807, 2.05) is 6.07 Å². The number of rotatable bonds is 2. The molecule has 1 unspecified atom stereocenters. The van der Waals surface area contributed by atoms with Crippen LogP contribution in [0.3, 0.4) is 0 Å². The molecule has 84 valence electrons. The first-order valence-corrected chi connectivity index (χ1v) is 5.57. The lowest BCUT2D eigenvalue weighted by Crippen LogP contribution is -2.16. The molecule has 4 nitrogen and oxygen atoms in total. The van der Waals surface area contributed by atoms with Crippen LogP contribution in [0, 0.1) is 11.3 Å². The van der Waals surface area contributed by atoms with Gasteiger partial charge in [0.2, 0.25) is 0 Å². The van der Waals surface area contributed by atoms with Gasteiger partial charge < -0.3 is 14.2 Å². The standard InChI is InChI=1S/C11H10BrNO3/c1-14-10(6-13)7-4-8(12)11-9(5-7)15-2-3-16-11/h4-5,10H,2-3H2,1H3. The monoisotopic (exact) mass is 283 g/mol. The van der Waals surface area contributed by atoms with E-state index in [1.54, 1.807) is 6.07 Å². The van der Waals surface area contributed by atoms with Gasteiger partial charge in [-0.3, -0.25) is 0 Å². The molecule has 16 heavy (non-hydrogen) atoms. The molecule has 0 amide bonds. The summed E-state index contributed by atoms with van der Waals surface area (Å²) < 4.78 is 16.8. The van der Waals surface area contributed by atoms with Crippen molar-refractivity contribution in [3.8, 4) is 17.6 Å². The zero-order valence-corrected chi connectivity index (χ0v) is 10.3. The fourth-order valence-electron chi connectivity index (χ4n) is 1.55. The van der Waals surface area contributed by atoms with Gasteiger partial charge in [-0.1, -0.05) is 0 Å². The molecule has 0 fully saturated rings. The van der Waals surface area contributed by atoms with Gasteiger partial charge in [-0.2, -0.15) is 5.26 Å². The van der Waals surface area contributed by atoms with Crippen molar-refractivity contribution in [2.24, 2.45) is 0 Å². The zero-order chi connectivity index (χ0) is 11.5. The highest BCUT2D eigenvalue weighted by molar-refractivity contribution is 9.10. The number of methoxy groups -OCH3 is 1. The van der Waals surface area contributed by atoms with Crippen molar-refractivity contribution in [3.05, 3.63) is 22.2 Å². The lowest BCUT2D eigenvalue weighted by atomic mass is 10.1. The molecular formula is C11H10BrNO3. The van der Waals surface area contributed by atoms with Crippen molar-refractivity contribution in [3.63, 3.8) is 0 Å². The maximum absolute atomic E-state index is 8.91. The molecule has 1 aliphatic rings. The molecule has 1 aromatic carbocycles. The first kappa shape index (κ1) is 11.2. The Morgan fingerprint density at radius 2 is 2.19 bits per heavy atom. The Hall–Kier alpha value is -1.25. The minimum absolute atomic E-state index is 0.521. The van der Waals surface area contributed by atoms with Crippen LogP contribution in [-0.4, -0.2) is 20.3 Å². The number of ether oxygens (including phenoxy) is 3. The lowest BCUT2D eigenvalue weighted by molar-refractivity contribution is 0.145. The Morgan fingerprint density at radius 3 is 2.88 bits per heavy atom. The molecule has 1 aliphatic heterocycles. The van der Waals surface area contributed by atoms with Crippen LogP contribution in [0.2, 0.25) is 0 Å². The number of hydrogen-bond donors (Lipinski definition) is 0. The van der Waals surface area contributed by atoms with E-state index in [4.69, 9.17) is 19.5 Å². The van der Waals surface area contributed by atoms with Crippen molar-refractivity contribution < 1.29 is 14.2 Å². The van der Waals surface area contributed by atoms with Gasteiger partial charge in [0.1, 0.15) is 13.2 Å². The number of hydrogen-bond acceptors (Lipinski definition) is 4. The van der Waals surface area contributed by atoms with E-state index < -0.39 is 6.10 Å². The maximum Gasteiger partial charge on any atom is 0.175 e. The van der Waals surface area contributed by atoms with E-state index in [-0.39, 0.29) is 0 Å². The quantitative estimate of drug-likeness (QED) is 0.837. The van der Waals surface area contributed by atoms with Crippen molar-refractivity contribution >= 4 is 15.9 Å². The van der Waals surface area contributed by atoms with Crippen molar-refractivity contribution in [2.75, 3.05) is 20.3 Å². The second-order valence-electron chi connectivity index (χ2n) is 3.27. The van der Waals surface area contributed by atoms with Crippen molar-refractivity contribution in [1.82, 2.24) is 0 Å². The van der Waals surface area contributed by atoms with Gasteiger partial charge in [0, 0.05) is 12.7 Å². The van der Waals surface area contributed by atoms with E-state index in [0.717, 1.165) is 10.0 Å². The highest BCUT2D eigenvalue weighted by Gasteiger charge is 2.19. The summed E-state index contributed by atoms with van der Waals surface area (Å²) in [5.74, 6) is 1.33. The largest absolute Gasteiger partial charge is 0.486 e. The van der Waals surface area contributed by atoms with Gasteiger partial charge >= 0.3 is 0 Å². The molecule has 1 aromatic rings. The van der Waals surface area contributed by atoms with Crippen LogP contribution in [-0.2, 0) is 4.74 Å². The van der Waals surface area contributed by atoms with E-state index in [1.165, 1.54) is 7.11 Å². The second-order valence-corrected chi connectivity index (χ2v) is 4.13. The Morgan fingerprint density at radius 1 is 1.44 bits per heavy atom. The molecule has 0 saturated carbocycles. The summed E-state index contributed by atoms with van der Waals surface area (Å²) in [5.41, 5.74) is 0.751. The van der Waals surface area contributed by atoms with Gasteiger partial charge in [-0.25, -0.2) is 0 Å². The highest BCUT2D eigenvalue weighted by Crippen LogP contribution is 2.40. The summed E-state index contributed by atoms with van der Waals surface area (Å²) in [5, 5.41) is 8.91. The predicted octanol–water partition coefficient (Wildman–Crippen LogP) is 2.43. The molecule has 2 rings (SSSR count). The molecular weight excluding hydrogens is 274 g/mol. The van der Waals surface area contributed by atoms with E-state index >= 15 is 0 Å². The van der Waals surface area contributed by atoms with Crippen LogP contribution in [0.1, 0.15) is 11.7 Å². The topological polar surface area (TPSA) is 51.5 Å². The molecule has 0 aliphatic carbocycles. The van der Waals surface area contributed by atoms with Gasteiger partial charge in [0.05, 0.1) is 10.5 Å². The van der Waals surface area contributed by atoms with Gasteiger partial charge in [0.15, 0.2) is 17.6 Å². The van der Waals surface area contributed by atoms with Crippen LogP contribution in [0.4, 0.5) is 0 Å². The molecule has 0 spiro atoms. The molecule has 0 bridgehead atoms. The van der Waals surface area contributed by atoms with Crippen LogP contribution < -0.4 is 9.47 Å². The molecule has 5 heteroatoms. The third-order valence-corrected chi connectivity index (χ3v) is 2.86. The number of fused-ring (bicyclic) bond motifs is 1. The first-order chi connectivity index (χ1) is 7.76. The molecule has 1 atom stereocenters. The molecule has 1 heterocycles. The smallest absolute Gasteiger partial charge is 0.175 e. The number of nitrogens with zero attached hydrogens (tertiary/aromatic N) is 1. The van der Waals surface area contributed by atoms with Crippen LogP contribution in [0.5, 0.6) is 11.5 Å². The normalized spacial score (nSPS) is 15.3. The predicted molar refractivity (Wildman–Crippen MR) is 60.5 cm³/mol. The average molecular weight is 284 g/mol. The molecule has 0 radical (unpaired) electrons. The summed E-state index contributed by atoms with van der Waals surface area (Å²) >= 11 is 3.39.